The van der Waals surface area contributed by atoms with Gasteiger partial charge < -0.3 is 15.4 Å². The average molecular weight is 362 g/mol. The Morgan fingerprint density at radius 3 is 2.26 bits per heavy atom. The molecular weight excluding hydrogens is 340 g/mol. The van der Waals surface area contributed by atoms with E-state index in [4.69, 9.17) is 4.74 Å². The summed E-state index contributed by atoms with van der Waals surface area (Å²) in [4.78, 5) is 20.4. The second kappa shape index (κ2) is 7.86. The summed E-state index contributed by atoms with van der Waals surface area (Å²) in [5.41, 5.74) is 4.73. The van der Waals surface area contributed by atoms with Crippen molar-refractivity contribution in [3.8, 4) is 0 Å². The van der Waals surface area contributed by atoms with Crippen molar-refractivity contribution in [1.82, 2.24) is 9.97 Å². The predicted molar refractivity (Wildman–Crippen MR) is 107 cm³/mol. The lowest BCUT2D eigenvalue weighted by Crippen LogP contribution is -2.03. The summed E-state index contributed by atoms with van der Waals surface area (Å²) in [6.45, 7) is 6.00. The molecule has 0 fully saturated rings. The van der Waals surface area contributed by atoms with Gasteiger partial charge >= 0.3 is 5.97 Å². The molecule has 27 heavy (non-hydrogen) atoms. The van der Waals surface area contributed by atoms with E-state index in [-0.39, 0.29) is 5.97 Å². The first-order valence-corrected chi connectivity index (χ1v) is 8.60. The second-order valence-electron chi connectivity index (χ2n) is 6.25. The van der Waals surface area contributed by atoms with Crippen LogP contribution in [0.15, 0.2) is 48.5 Å². The molecular formula is C21H22N4O2. The topological polar surface area (TPSA) is 76.1 Å². The van der Waals surface area contributed by atoms with Gasteiger partial charge in [-0.05, 0) is 62.2 Å². The highest BCUT2D eigenvalue weighted by molar-refractivity contribution is 5.89. The van der Waals surface area contributed by atoms with Crippen LogP contribution in [0.2, 0.25) is 0 Å². The third-order valence-electron chi connectivity index (χ3n) is 4.28. The molecule has 0 saturated heterocycles. The number of hydrogen-bond acceptors (Lipinski definition) is 6. The van der Waals surface area contributed by atoms with E-state index in [1.807, 2.05) is 37.3 Å². The molecule has 1 aromatic heterocycles. The van der Waals surface area contributed by atoms with Crippen molar-refractivity contribution in [3.05, 3.63) is 71.0 Å². The minimum absolute atomic E-state index is 0.362. The fourth-order valence-corrected chi connectivity index (χ4v) is 2.68. The number of methoxy groups -OCH3 is 1. The van der Waals surface area contributed by atoms with Crippen LogP contribution in [0.3, 0.4) is 0 Å². The Morgan fingerprint density at radius 2 is 1.59 bits per heavy atom. The predicted octanol–water partition coefficient (Wildman–Crippen LogP) is 4.68. The number of benzene rings is 2. The molecule has 0 amide bonds. The Labute approximate surface area is 158 Å². The molecule has 2 N–H and O–H groups in total. The lowest BCUT2D eigenvalue weighted by Gasteiger charge is -2.13. The Bertz CT molecular complexity index is 968. The van der Waals surface area contributed by atoms with Crippen LogP contribution < -0.4 is 10.6 Å². The Morgan fingerprint density at radius 1 is 0.926 bits per heavy atom. The zero-order valence-corrected chi connectivity index (χ0v) is 15.8. The number of rotatable bonds is 5. The molecule has 0 radical (unpaired) electrons. The number of anilines is 4. The van der Waals surface area contributed by atoms with Gasteiger partial charge in [-0.15, -0.1) is 0 Å². The number of nitrogens with one attached hydrogen (secondary N) is 2. The molecule has 0 spiro atoms. The number of aryl methyl sites for hydroxylation is 2. The summed E-state index contributed by atoms with van der Waals surface area (Å²) in [5, 5.41) is 6.60. The SMILES string of the molecule is COC(=O)c1ccc(Nc2cc(Nc3cccc(C)c3C)nc(C)n2)cc1. The largest absolute Gasteiger partial charge is 0.465 e. The molecule has 0 aliphatic rings. The van der Waals surface area contributed by atoms with E-state index in [9.17, 15) is 4.79 Å². The molecule has 0 aliphatic heterocycles. The van der Waals surface area contributed by atoms with Gasteiger partial charge in [0, 0.05) is 17.4 Å². The van der Waals surface area contributed by atoms with Crippen LogP contribution in [0.5, 0.6) is 0 Å². The Hall–Kier alpha value is -3.41. The van der Waals surface area contributed by atoms with Gasteiger partial charge in [-0.25, -0.2) is 14.8 Å². The van der Waals surface area contributed by atoms with Crippen molar-refractivity contribution in [2.45, 2.75) is 20.8 Å². The first-order valence-electron chi connectivity index (χ1n) is 8.60. The van der Waals surface area contributed by atoms with Gasteiger partial charge in [0.05, 0.1) is 12.7 Å². The van der Waals surface area contributed by atoms with E-state index in [0.29, 0.717) is 23.0 Å². The molecule has 0 unspecified atom stereocenters. The van der Waals surface area contributed by atoms with E-state index in [2.05, 4.69) is 40.5 Å². The van der Waals surface area contributed by atoms with Crippen molar-refractivity contribution in [2.75, 3.05) is 17.7 Å². The summed E-state index contributed by atoms with van der Waals surface area (Å²) < 4.78 is 4.71. The molecule has 0 bridgehead atoms. The monoisotopic (exact) mass is 362 g/mol. The van der Waals surface area contributed by atoms with Crippen LogP contribution in [0.4, 0.5) is 23.0 Å². The summed E-state index contributed by atoms with van der Waals surface area (Å²) in [5.74, 6) is 1.67. The number of ether oxygens (including phenoxy) is 1. The summed E-state index contributed by atoms with van der Waals surface area (Å²) in [6, 6.07) is 15.0. The van der Waals surface area contributed by atoms with Crippen molar-refractivity contribution in [3.63, 3.8) is 0 Å². The lowest BCUT2D eigenvalue weighted by atomic mass is 10.1. The summed E-state index contributed by atoms with van der Waals surface area (Å²) >= 11 is 0. The second-order valence-corrected chi connectivity index (χ2v) is 6.25. The number of carbonyl (C=O) groups excluding carboxylic acids is 1. The van der Waals surface area contributed by atoms with Crippen molar-refractivity contribution >= 4 is 29.0 Å². The molecule has 2 aromatic carbocycles. The summed E-state index contributed by atoms with van der Waals surface area (Å²) in [7, 11) is 1.36. The maximum Gasteiger partial charge on any atom is 0.337 e. The first kappa shape index (κ1) is 18.4. The zero-order valence-electron chi connectivity index (χ0n) is 15.8. The number of esters is 1. The molecule has 3 aromatic rings. The molecule has 0 aliphatic carbocycles. The fraction of sp³-hybridized carbons (Fsp3) is 0.190. The van der Waals surface area contributed by atoms with E-state index >= 15 is 0 Å². The normalized spacial score (nSPS) is 10.4. The van der Waals surface area contributed by atoms with Gasteiger partial charge in [-0.3, -0.25) is 0 Å². The van der Waals surface area contributed by atoms with Crippen LogP contribution >= 0.6 is 0 Å². The highest BCUT2D eigenvalue weighted by atomic mass is 16.5. The van der Waals surface area contributed by atoms with E-state index < -0.39 is 0 Å². The van der Waals surface area contributed by atoms with Crippen molar-refractivity contribution < 1.29 is 9.53 Å². The number of aromatic nitrogens is 2. The van der Waals surface area contributed by atoms with Gasteiger partial charge in [0.15, 0.2) is 0 Å². The fourth-order valence-electron chi connectivity index (χ4n) is 2.68. The van der Waals surface area contributed by atoms with Crippen LogP contribution in [0.1, 0.15) is 27.3 Å². The minimum Gasteiger partial charge on any atom is -0.465 e. The number of nitrogens with zero attached hydrogens (tertiary/aromatic N) is 2. The van der Waals surface area contributed by atoms with Gasteiger partial charge in [0.1, 0.15) is 17.5 Å². The highest BCUT2D eigenvalue weighted by Gasteiger charge is 2.07. The van der Waals surface area contributed by atoms with Crippen LogP contribution in [-0.4, -0.2) is 23.0 Å². The Kier molecular flexibility index (Phi) is 5.35. The minimum atomic E-state index is -0.362. The molecule has 1 heterocycles. The Balaban J connectivity index is 1.81. The third-order valence-corrected chi connectivity index (χ3v) is 4.28. The maximum absolute atomic E-state index is 11.5. The first-order chi connectivity index (χ1) is 13.0. The standard InChI is InChI=1S/C21H22N4O2/c1-13-6-5-7-18(14(13)2)25-20-12-19(22-15(3)23-20)24-17-10-8-16(9-11-17)21(26)27-4/h5-12H,1-4H3,(H2,22,23,24,25). The van der Waals surface area contributed by atoms with Crippen molar-refractivity contribution in [1.29, 1.82) is 0 Å². The molecule has 0 saturated carbocycles. The van der Waals surface area contributed by atoms with Gasteiger partial charge in [-0.2, -0.15) is 0 Å². The van der Waals surface area contributed by atoms with E-state index in [1.165, 1.54) is 18.2 Å². The molecule has 3 rings (SSSR count). The van der Waals surface area contributed by atoms with Crippen LogP contribution in [0, 0.1) is 20.8 Å². The van der Waals surface area contributed by atoms with E-state index in [0.717, 1.165) is 11.4 Å². The quantitative estimate of drug-likeness (QED) is 0.642. The smallest absolute Gasteiger partial charge is 0.337 e. The number of hydrogen-bond donors (Lipinski definition) is 2. The molecule has 0 atom stereocenters. The molecule has 138 valence electrons. The van der Waals surface area contributed by atoms with Crippen molar-refractivity contribution in [2.24, 2.45) is 0 Å². The van der Waals surface area contributed by atoms with Crippen LogP contribution in [0.25, 0.3) is 0 Å². The van der Waals surface area contributed by atoms with Gasteiger partial charge in [-0.1, -0.05) is 12.1 Å². The highest BCUT2D eigenvalue weighted by Crippen LogP contribution is 2.24. The van der Waals surface area contributed by atoms with Gasteiger partial charge in [0.2, 0.25) is 0 Å². The lowest BCUT2D eigenvalue weighted by molar-refractivity contribution is 0.0601. The molecule has 6 heteroatoms. The molecule has 6 nitrogen and oxygen atoms in total. The van der Waals surface area contributed by atoms with Gasteiger partial charge in [0.25, 0.3) is 0 Å². The maximum atomic E-state index is 11.5. The van der Waals surface area contributed by atoms with Crippen LogP contribution in [-0.2, 0) is 4.74 Å². The zero-order chi connectivity index (χ0) is 19.4. The number of carbonyl (C=O) groups is 1. The average Bonchev–Trinajstić information content (AvgIpc) is 2.65. The van der Waals surface area contributed by atoms with E-state index in [1.54, 1.807) is 12.1 Å². The summed E-state index contributed by atoms with van der Waals surface area (Å²) in [6.07, 6.45) is 0. The third kappa shape index (κ3) is 4.41.